The zero-order valence-corrected chi connectivity index (χ0v) is 15.8. The van der Waals surface area contributed by atoms with Crippen molar-refractivity contribution >= 4 is 11.8 Å². The number of amides is 2. The molecule has 6 nitrogen and oxygen atoms in total. The molecule has 0 atom stereocenters. The molecule has 0 aliphatic carbocycles. The van der Waals surface area contributed by atoms with Crippen LogP contribution in [0.1, 0.15) is 47.0 Å². The maximum atomic E-state index is 12.2. The van der Waals surface area contributed by atoms with Crippen LogP contribution < -0.4 is 5.32 Å². The van der Waals surface area contributed by atoms with E-state index in [0.29, 0.717) is 31.7 Å². The lowest BCUT2D eigenvalue weighted by molar-refractivity contribution is -0.133. The Hall–Kier alpha value is -1.14. The molecule has 1 fully saturated rings. The molecule has 0 bridgehead atoms. The lowest BCUT2D eigenvalue weighted by Crippen LogP contribution is -2.49. The molecule has 1 aliphatic heterocycles. The lowest BCUT2D eigenvalue weighted by Gasteiger charge is -2.34. The Balaban J connectivity index is 2.09. The summed E-state index contributed by atoms with van der Waals surface area (Å²) in [5.41, 5.74) is 0. The predicted molar refractivity (Wildman–Crippen MR) is 95.8 cm³/mol. The molecule has 140 valence electrons. The van der Waals surface area contributed by atoms with Gasteiger partial charge in [0, 0.05) is 52.1 Å². The number of hydrogen-bond donors (Lipinski definition) is 1. The third-order valence-corrected chi connectivity index (χ3v) is 4.07. The summed E-state index contributed by atoms with van der Waals surface area (Å²) in [5.74, 6) is 0.648. The average molecular weight is 341 g/mol. The monoisotopic (exact) mass is 341 g/mol. The molecule has 1 heterocycles. The lowest BCUT2D eigenvalue weighted by atomic mass is 10.1. The molecule has 2 amide bonds. The second-order valence-electron chi connectivity index (χ2n) is 7.19. The number of carbonyl (C=O) groups excluding carboxylic acids is 2. The van der Waals surface area contributed by atoms with Gasteiger partial charge in [-0.05, 0) is 26.2 Å². The summed E-state index contributed by atoms with van der Waals surface area (Å²) >= 11 is 0. The van der Waals surface area contributed by atoms with E-state index in [1.54, 1.807) is 0 Å². The summed E-state index contributed by atoms with van der Waals surface area (Å²) in [6.45, 7) is 13.8. The molecule has 0 spiro atoms. The van der Waals surface area contributed by atoms with E-state index in [0.717, 1.165) is 39.3 Å². The van der Waals surface area contributed by atoms with Crippen LogP contribution in [-0.2, 0) is 14.3 Å². The molecule has 0 radical (unpaired) electrons. The Bertz CT molecular complexity index is 378. The van der Waals surface area contributed by atoms with Gasteiger partial charge in [-0.1, -0.05) is 13.8 Å². The van der Waals surface area contributed by atoms with Crippen LogP contribution in [0.3, 0.4) is 0 Å². The molecule has 1 N–H and O–H groups in total. The average Bonchev–Trinajstić information content (AvgIpc) is 2.51. The van der Waals surface area contributed by atoms with Gasteiger partial charge in [0.05, 0.1) is 12.7 Å². The summed E-state index contributed by atoms with van der Waals surface area (Å²) in [6.07, 6.45) is 2.05. The number of hydrogen-bond acceptors (Lipinski definition) is 4. The highest BCUT2D eigenvalue weighted by atomic mass is 16.5. The van der Waals surface area contributed by atoms with Gasteiger partial charge in [-0.25, -0.2) is 0 Å². The first kappa shape index (κ1) is 20.9. The van der Waals surface area contributed by atoms with Gasteiger partial charge in [-0.15, -0.1) is 0 Å². The molecule has 0 aromatic carbocycles. The second-order valence-corrected chi connectivity index (χ2v) is 7.19. The van der Waals surface area contributed by atoms with Crippen LogP contribution >= 0.6 is 0 Å². The maximum Gasteiger partial charge on any atom is 0.222 e. The highest BCUT2D eigenvalue weighted by Crippen LogP contribution is 2.05. The first-order chi connectivity index (χ1) is 11.4. The molecule has 1 saturated heterocycles. The number of ether oxygens (including phenoxy) is 1. The van der Waals surface area contributed by atoms with Crippen molar-refractivity contribution in [2.45, 2.75) is 53.1 Å². The highest BCUT2D eigenvalue weighted by molar-refractivity contribution is 5.77. The summed E-state index contributed by atoms with van der Waals surface area (Å²) < 4.78 is 5.57. The molecule has 0 aromatic rings. The summed E-state index contributed by atoms with van der Waals surface area (Å²) in [4.78, 5) is 28.0. The fraction of sp³-hybridized carbons (Fsp3) is 0.889. The SMILES string of the molecule is CC(C)CC(=O)NCCCC(=O)N1CCN(CCOC(C)C)CC1. The Morgan fingerprint density at radius 1 is 1.08 bits per heavy atom. The van der Waals surface area contributed by atoms with Crippen LogP contribution in [-0.4, -0.2) is 73.6 Å². The number of carbonyl (C=O) groups is 2. The summed E-state index contributed by atoms with van der Waals surface area (Å²) in [7, 11) is 0. The van der Waals surface area contributed by atoms with Crippen LogP contribution in [0.4, 0.5) is 0 Å². The summed E-state index contributed by atoms with van der Waals surface area (Å²) in [6, 6.07) is 0. The molecule has 0 saturated carbocycles. The Morgan fingerprint density at radius 3 is 2.33 bits per heavy atom. The van der Waals surface area contributed by atoms with Crippen molar-refractivity contribution in [1.82, 2.24) is 15.1 Å². The standard InChI is InChI=1S/C18H35N3O3/c1-15(2)14-17(22)19-7-5-6-18(23)21-10-8-20(9-11-21)12-13-24-16(3)4/h15-16H,5-14H2,1-4H3,(H,19,22). The molecule has 0 unspecified atom stereocenters. The zero-order valence-electron chi connectivity index (χ0n) is 15.8. The van der Waals surface area contributed by atoms with E-state index in [1.165, 1.54) is 0 Å². The molecule has 0 aromatic heterocycles. The number of nitrogens with one attached hydrogen (secondary N) is 1. The van der Waals surface area contributed by atoms with Crippen LogP contribution in [0, 0.1) is 5.92 Å². The van der Waals surface area contributed by atoms with E-state index in [4.69, 9.17) is 4.74 Å². The van der Waals surface area contributed by atoms with Gasteiger partial charge in [0.15, 0.2) is 0 Å². The van der Waals surface area contributed by atoms with E-state index in [1.807, 2.05) is 32.6 Å². The van der Waals surface area contributed by atoms with Crippen LogP contribution in [0.2, 0.25) is 0 Å². The van der Waals surface area contributed by atoms with Crippen molar-refractivity contribution in [1.29, 1.82) is 0 Å². The second kappa shape index (κ2) is 11.4. The first-order valence-electron chi connectivity index (χ1n) is 9.27. The van der Waals surface area contributed by atoms with E-state index < -0.39 is 0 Å². The van der Waals surface area contributed by atoms with Crippen LogP contribution in [0.25, 0.3) is 0 Å². The van der Waals surface area contributed by atoms with Gasteiger partial charge >= 0.3 is 0 Å². The fourth-order valence-corrected chi connectivity index (χ4v) is 2.71. The predicted octanol–water partition coefficient (Wildman–Crippen LogP) is 1.50. The highest BCUT2D eigenvalue weighted by Gasteiger charge is 2.20. The van der Waals surface area contributed by atoms with E-state index in [2.05, 4.69) is 10.2 Å². The molecule has 6 heteroatoms. The topological polar surface area (TPSA) is 61.9 Å². The van der Waals surface area contributed by atoms with Crippen molar-refractivity contribution in [3.05, 3.63) is 0 Å². The van der Waals surface area contributed by atoms with Gasteiger partial charge in [0.25, 0.3) is 0 Å². The van der Waals surface area contributed by atoms with Crippen LogP contribution in [0.15, 0.2) is 0 Å². The van der Waals surface area contributed by atoms with Crippen LogP contribution in [0.5, 0.6) is 0 Å². The smallest absolute Gasteiger partial charge is 0.222 e. The van der Waals surface area contributed by atoms with Crippen molar-refractivity contribution in [3.63, 3.8) is 0 Å². The van der Waals surface area contributed by atoms with Gasteiger partial charge in [-0.2, -0.15) is 0 Å². The summed E-state index contributed by atoms with van der Waals surface area (Å²) in [5, 5.41) is 2.88. The molecule has 1 aliphatic rings. The first-order valence-corrected chi connectivity index (χ1v) is 9.27. The minimum Gasteiger partial charge on any atom is -0.377 e. The largest absolute Gasteiger partial charge is 0.377 e. The van der Waals surface area contributed by atoms with Crippen molar-refractivity contribution in [2.24, 2.45) is 5.92 Å². The normalized spacial score (nSPS) is 16.0. The van der Waals surface area contributed by atoms with Gasteiger partial charge in [0.1, 0.15) is 0 Å². The van der Waals surface area contributed by atoms with E-state index in [9.17, 15) is 9.59 Å². The van der Waals surface area contributed by atoms with Crippen molar-refractivity contribution in [2.75, 3.05) is 45.9 Å². The third kappa shape index (κ3) is 9.23. The minimum atomic E-state index is 0.0784. The van der Waals surface area contributed by atoms with E-state index in [-0.39, 0.29) is 17.9 Å². The molecular weight excluding hydrogens is 306 g/mol. The van der Waals surface area contributed by atoms with Crippen molar-refractivity contribution in [3.8, 4) is 0 Å². The number of piperazine rings is 1. The molecule has 24 heavy (non-hydrogen) atoms. The Morgan fingerprint density at radius 2 is 1.75 bits per heavy atom. The zero-order chi connectivity index (χ0) is 17.9. The Labute approximate surface area is 146 Å². The fourth-order valence-electron chi connectivity index (χ4n) is 2.71. The van der Waals surface area contributed by atoms with Gasteiger partial charge in [-0.3, -0.25) is 14.5 Å². The molecular formula is C18H35N3O3. The van der Waals surface area contributed by atoms with Gasteiger partial charge in [0.2, 0.25) is 11.8 Å². The Kier molecular flexibility index (Phi) is 9.95. The number of nitrogens with zero attached hydrogens (tertiary/aromatic N) is 2. The van der Waals surface area contributed by atoms with Gasteiger partial charge < -0.3 is 15.0 Å². The third-order valence-electron chi connectivity index (χ3n) is 4.07. The maximum absolute atomic E-state index is 12.2. The quantitative estimate of drug-likeness (QED) is 0.612. The van der Waals surface area contributed by atoms with Crippen molar-refractivity contribution < 1.29 is 14.3 Å². The van der Waals surface area contributed by atoms with E-state index >= 15 is 0 Å². The number of rotatable bonds is 10. The minimum absolute atomic E-state index is 0.0784. The molecule has 1 rings (SSSR count).